The molecular weight excluding hydrogens is 169 g/mol. The van der Waals surface area contributed by atoms with Crippen LogP contribution < -0.4 is 4.74 Å². The predicted molar refractivity (Wildman–Crippen MR) is 47.1 cm³/mol. The van der Waals surface area contributed by atoms with Gasteiger partial charge >= 0.3 is 0 Å². The lowest BCUT2D eigenvalue weighted by molar-refractivity contribution is 0.191. The largest absolute Gasteiger partial charge is 0.463 e. The summed E-state index contributed by atoms with van der Waals surface area (Å²) in [4.78, 5) is 0. The number of nitrogens with zero attached hydrogens (tertiary/aromatic N) is 1. The lowest BCUT2D eigenvalue weighted by atomic mass is 10.0. The Bertz CT molecular complexity index is 302. The van der Waals surface area contributed by atoms with Crippen molar-refractivity contribution in [1.82, 2.24) is 0 Å². The fraction of sp³-hybridized carbons (Fsp3) is 0.300. The second kappa shape index (κ2) is 4.46. The Morgan fingerprint density at radius 2 is 2.08 bits per heavy atom. The number of nitriles is 1. The van der Waals surface area contributed by atoms with Crippen molar-refractivity contribution in [3.05, 3.63) is 29.8 Å². The van der Waals surface area contributed by atoms with Gasteiger partial charge in [-0.15, -0.1) is 0 Å². The zero-order valence-corrected chi connectivity index (χ0v) is 7.33. The summed E-state index contributed by atoms with van der Waals surface area (Å²) >= 11 is 0. The van der Waals surface area contributed by atoms with Crippen molar-refractivity contribution in [2.24, 2.45) is 0 Å². The molecule has 0 fully saturated rings. The molecule has 2 nitrogen and oxygen atoms in total. The normalized spacial score (nSPS) is 11.8. The first-order valence-corrected chi connectivity index (χ1v) is 3.96. The number of alkyl halides is 1. The van der Waals surface area contributed by atoms with Crippen LogP contribution in [0.25, 0.3) is 0 Å². The van der Waals surface area contributed by atoms with E-state index >= 15 is 0 Å². The van der Waals surface area contributed by atoms with Crippen LogP contribution in [-0.2, 0) is 0 Å². The van der Waals surface area contributed by atoms with Gasteiger partial charge in [0.1, 0.15) is 5.75 Å². The van der Waals surface area contributed by atoms with Crippen LogP contribution in [0, 0.1) is 11.3 Å². The fourth-order valence-electron chi connectivity index (χ4n) is 0.990. The third-order valence-electron chi connectivity index (χ3n) is 1.79. The average molecular weight is 179 g/mol. The molecule has 0 aliphatic carbocycles. The minimum atomic E-state index is -0.826. The summed E-state index contributed by atoms with van der Waals surface area (Å²) in [5, 5.41) is 8.62. The molecule has 1 aromatic rings. The molecule has 0 aliphatic heterocycles. The van der Waals surface area contributed by atoms with Crippen molar-refractivity contribution in [1.29, 1.82) is 5.26 Å². The summed E-state index contributed by atoms with van der Waals surface area (Å²) in [7, 11) is 0. The van der Waals surface area contributed by atoms with Gasteiger partial charge in [-0.05, 0) is 24.6 Å². The molecule has 0 saturated heterocycles. The van der Waals surface area contributed by atoms with E-state index in [4.69, 9.17) is 5.26 Å². The predicted octanol–water partition coefficient (Wildman–Crippen LogP) is 2.62. The highest BCUT2D eigenvalue weighted by Crippen LogP contribution is 2.18. The van der Waals surface area contributed by atoms with E-state index in [1.54, 1.807) is 24.3 Å². The summed E-state index contributed by atoms with van der Waals surface area (Å²) in [5.74, 6) is 0.343. The molecule has 68 valence electrons. The fourth-order valence-corrected chi connectivity index (χ4v) is 0.990. The Morgan fingerprint density at radius 3 is 2.54 bits per heavy atom. The molecule has 3 heteroatoms. The molecule has 0 amide bonds. The first-order valence-electron chi connectivity index (χ1n) is 3.96. The van der Waals surface area contributed by atoms with Crippen molar-refractivity contribution in [2.45, 2.75) is 12.8 Å². The van der Waals surface area contributed by atoms with Crippen molar-refractivity contribution in [2.75, 3.05) is 6.86 Å². The van der Waals surface area contributed by atoms with Crippen molar-refractivity contribution >= 4 is 0 Å². The first kappa shape index (κ1) is 9.53. The standard InChI is InChI=1S/C10H10FNO/c1-8(6-12)9-2-4-10(5-3-9)13-7-11/h2-5,8H,7H2,1H3. The van der Waals surface area contributed by atoms with Gasteiger partial charge in [0.15, 0.2) is 0 Å². The van der Waals surface area contributed by atoms with Gasteiger partial charge in [0.25, 0.3) is 0 Å². The molecule has 1 rings (SSSR count). The topological polar surface area (TPSA) is 33.0 Å². The minimum absolute atomic E-state index is 0.139. The smallest absolute Gasteiger partial charge is 0.228 e. The molecule has 1 unspecified atom stereocenters. The Kier molecular flexibility index (Phi) is 3.27. The van der Waals surface area contributed by atoms with Crippen LogP contribution in [0.15, 0.2) is 24.3 Å². The van der Waals surface area contributed by atoms with Gasteiger partial charge in [0, 0.05) is 0 Å². The van der Waals surface area contributed by atoms with Crippen molar-refractivity contribution in [3.8, 4) is 11.8 Å². The van der Waals surface area contributed by atoms with E-state index in [-0.39, 0.29) is 5.92 Å². The summed E-state index contributed by atoms with van der Waals surface area (Å²) in [6, 6.07) is 8.95. The Labute approximate surface area is 76.6 Å². The molecule has 0 spiro atoms. The highest BCUT2D eigenvalue weighted by molar-refractivity contribution is 5.31. The highest BCUT2D eigenvalue weighted by atomic mass is 19.1. The van der Waals surface area contributed by atoms with Gasteiger partial charge < -0.3 is 4.74 Å². The van der Waals surface area contributed by atoms with Crippen LogP contribution in [0.1, 0.15) is 18.4 Å². The van der Waals surface area contributed by atoms with E-state index in [9.17, 15) is 4.39 Å². The third-order valence-corrected chi connectivity index (χ3v) is 1.79. The molecule has 0 heterocycles. The summed E-state index contributed by atoms with van der Waals surface area (Å²) in [6.07, 6.45) is 0. The van der Waals surface area contributed by atoms with E-state index in [0.717, 1.165) is 5.56 Å². The maximum atomic E-state index is 11.7. The second-order valence-electron chi connectivity index (χ2n) is 2.67. The van der Waals surface area contributed by atoms with Crippen LogP contribution in [-0.4, -0.2) is 6.86 Å². The van der Waals surface area contributed by atoms with Crippen molar-refractivity contribution in [3.63, 3.8) is 0 Å². The summed E-state index contributed by atoms with van der Waals surface area (Å²) in [6.45, 7) is 0.984. The van der Waals surface area contributed by atoms with Gasteiger partial charge in [0.2, 0.25) is 6.86 Å². The maximum absolute atomic E-state index is 11.7. The highest BCUT2D eigenvalue weighted by Gasteiger charge is 2.02. The quantitative estimate of drug-likeness (QED) is 0.714. The van der Waals surface area contributed by atoms with Gasteiger partial charge in [-0.1, -0.05) is 12.1 Å². The zero-order valence-electron chi connectivity index (χ0n) is 7.33. The number of hydrogen-bond acceptors (Lipinski definition) is 2. The molecular formula is C10H10FNO. The van der Waals surface area contributed by atoms with E-state index in [1.165, 1.54) is 0 Å². The third kappa shape index (κ3) is 2.45. The Balaban J connectivity index is 2.76. The van der Waals surface area contributed by atoms with E-state index in [0.29, 0.717) is 5.75 Å². The van der Waals surface area contributed by atoms with E-state index in [1.807, 2.05) is 6.92 Å². The number of hydrogen-bond donors (Lipinski definition) is 0. The van der Waals surface area contributed by atoms with Crippen LogP contribution in [0.2, 0.25) is 0 Å². The van der Waals surface area contributed by atoms with Crippen LogP contribution >= 0.6 is 0 Å². The molecule has 0 saturated carbocycles. The average Bonchev–Trinajstić information content (AvgIpc) is 2.18. The monoisotopic (exact) mass is 179 g/mol. The maximum Gasteiger partial charge on any atom is 0.228 e. The summed E-state index contributed by atoms with van der Waals surface area (Å²) < 4.78 is 16.4. The van der Waals surface area contributed by atoms with Gasteiger partial charge in [0.05, 0.1) is 12.0 Å². The lowest BCUT2D eigenvalue weighted by Crippen LogP contribution is -1.92. The Morgan fingerprint density at radius 1 is 1.46 bits per heavy atom. The summed E-state index contributed by atoms with van der Waals surface area (Å²) in [5.41, 5.74) is 0.911. The molecule has 13 heavy (non-hydrogen) atoms. The molecule has 0 aromatic heterocycles. The van der Waals surface area contributed by atoms with Crippen LogP contribution in [0.4, 0.5) is 4.39 Å². The molecule has 0 bridgehead atoms. The molecule has 0 radical (unpaired) electrons. The molecule has 1 atom stereocenters. The number of rotatable bonds is 3. The van der Waals surface area contributed by atoms with Gasteiger partial charge in [-0.3, -0.25) is 0 Å². The van der Waals surface area contributed by atoms with Crippen LogP contribution in [0.3, 0.4) is 0 Å². The SMILES string of the molecule is CC(C#N)c1ccc(OCF)cc1. The lowest BCUT2D eigenvalue weighted by Gasteiger charge is -2.04. The van der Waals surface area contributed by atoms with Gasteiger partial charge in [-0.25, -0.2) is 4.39 Å². The van der Waals surface area contributed by atoms with E-state index < -0.39 is 6.86 Å². The number of benzene rings is 1. The number of ether oxygens (including phenoxy) is 1. The Hall–Kier alpha value is -1.56. The van der Waals surface area contributed by atoms with Gasteiger partial charge in [-0.2, -0.15) is 5.26 Å². The first-order chi connectivity index (χ1) is 6.27. The molecule has 0 aliphatic rings. The number of halogens is 1. The molecule has 0 N–H and O–H groups in total. The molecule has 1 aromatic carbocycles. The second-order valence-corrected chi connectivity index (χ2v) is 2.67. The van der Waals surface area contributed by atoms with Crippen molar-refractivity contribution < 1.29 is 9.13 Å². The minimum Gasteiger partial charge on any atom is -0.463 e. The van der Waals surface area contributed by atoms with E-state index in [2.05, 4.69) is 10.8 Å². The van der Waals surface area contributed by atoms with Crippen LogP contribution in [0.5, 0.6) is 5.75 Å². The zero-order chi connectivity index (χ0) is 9.68.